The highest BCUT2D eigenvalue weighted by atomic mass is 32.1. The Kier molecular flexibility index (Phi) is 4.26. The highest BCUT2D eigenvalue weighted by Gasteiger charge is 2.25. The minimum atomic E-state index is 0.00976. The third-order valence-electron chi connectivity index (χ3n) is 4.15. The van der Waals surface area contributed by atoms with Crippen molar-refractivity contribution in [2.75, 3.05) is 0 Å². The largest absolute Gasteiger partial charge is 0.287 e. The van der Waals surface area contributed by atoms with Crippen molar-refractivity contribution < 1.29 is 4.79 Å². The standard InChI is InChI=1S/C19H18OS/c20-19(21)16-11-12-17(14-7-3-1-4-8-14)18(13-16)15-9-5-2-6-10-15/h1-10,16H,11-13H2,(H,20,21). The number of allylic oxidation sites excluding steroid dienone is 2. The van der Waals surface area contributed by atoms with Gasteiger partial charge in [0.05, 0.1) is 0 Å². The Morgan fingerprint density at radius 2 is 1.38 bits per heavy atom. The second kappa shape index (κ2) is 6.31. The van der Waals surface area contributed by atoms with Gasteiger partial charge in [0.2, 0.25) is 0 Å². The number of hydrogen-bond acceptors (Lipinski definition) is 1. The summed E-state index contributed by atoms with van der Waals surface area (Å²) in [4.78, 5) is 11.7. The molecule has 3 rings (SSSR count). The summed E-state index contributed by atoms with van der Waals surface area (Å²) < 4.78 is 0. The van der Waals surface area contributed by atoms with Crippen molar-refractivity contribution in [3.8, 4) is 0 Å². The summed E-state index contributed by atoms with van der Waals surface area (Å²) >= 11 is 4.05. The van der Waals surface area contributed by atoms with E-state index in [2.05, 4.69) is 61.2 Å². The van der Waals surface area contributed by atoms with Gasteiger partial charge in [0.1, 0.15) is 0 Å². The molecule has 0 aliphatic heterocycles. The second-order valence-corrected chi connectivity index (χ2v) is 5.91. The van der Waals surface area contributed by atoms with Gasteiger partial charge in [-0.15, -0.1) is 12.6 Å². The first-order chi connectivity index (χ1) is 10.3. The van der Waals surface area contributed by atoms with Gasteiger partial charge in [-0.2, -0.15) is 0 Å². The van der Waals surface area contributed by atoms with E-state index in [0.717, 1.165) is 19.3 Å². The molecular formula is C19H18OS. The second-order valence-electron chi connectivity index (χ2n) is 5.47. The predicted octanol–water partition coefficient (Wildman–Crippen LogP) is 4.85. The average Bonchev–Trinajstić information content (AvgIpc) is 2.56. The van der Waals surface area contributed by atoms with Crippen LogP contribution >= 0.6 is 12.6 Å². The first-order valence-corrected chi connectivity index (χ1v) is 7.76. The Morgan fingerprint density at radius 1 is 0.857 bits per heavy atom. The van der Waals surface area contributed by atoms with E-state index in [1.54, 1.807) is 0 Å². The van der Waals surface area contributed by atoms with Crippen molar-refractivity contribution in [1.82, 2.24) is 0 Å². The van der Waals surface area contributed by atoms with Crippen LogP contribution < -0.4 is 0 Å². The third kappa shape index (κ3) is 3.11. The Labute approximate surface area is 131 Å². The van der Waals surface area contributed by atoms with Gasteiger partial charge >= 0.3 is 0 Å². The molecule has 1 nitrogen and oxygen atoms in total. The molecule has 1 aliphatic carbocycles. The van der Waals surface area contributed by atoms with Crippen molar-refractivity contribution in [2.45, 2.75) is 19.3 Å². The van der Waals surface area contributed by atoms with Crippen LogP contribution in [0.2, 0.25) is 0 Å². The maximum absolute atomic E-state index is 11.7. The van der Waals surface area contributed by atoms with Gasteiger partial charge in [-0.3, -0.25) is 4.79 Å². The molecule has 1 unspecified atom stereocenters. The lowest BCUT2D eigenvalue weighted by Crippen LogP contribution is -2.15. The maximum Gasteiger partial charge on any atom is 0.189 e. The molecule has 0 N–H and O–H groups in total. The summed E-state index contributed by atoms with van der Waals surface area (Å²) in [7, 11) is 0. The van der Waals surface area contributed by atoms with Crippen molar-refractivity contribution in [1.29, 1.82) is 0 Å². The molecule has 0 fully saturated rings. The highest BCUT2D eigenvalue weighted by Crippen LogP contribution is 2.41. The number of thiol groups is 1. The fourth-order valence-electron chi connectivity index (χ4n) is 3.04. The highest BCUT2D eigenvalue weighted by molar-refractivity contribution is 7.96. The van der Waals surface area contributed by atoms with E-state index in [9.17, 15) is 4.79 Å². The van der Waals surface area contributed by atoms with Crippen LogP contribution in [0, 0.1) is 5.92 Å². The minimum absolute atomic E-state index is 0.00976. The molecule has 2 heteroatoms. The molecule has 0 amide bonds. The van der Waals surface area contributed by atoms with Gasteiger partial charge in [0, 0.05) is 5.92 Å². The quantitative estimate of drug-likeness (QED) is 0.800. The van der Waals surface area contributed by atoms with Crippen LogP contribution in [0.1, 0.15) is 30.4 Å². The number of benzene rings is 2. The zero-order valence-electron chi connectivity index (χ0n) is 11.8. The van der Waals surface area contributed by atoms with Gasteiger partial charge in [-0.25, -0.2) is 0 Å². The average molecular weight is 294 g/mol. The van der Waals surface area contributed by atoms with Gasteiger partial charge in [-0.05, 0) is 41.5 Å². The third-order valence-corrected chi connectivity index (χ3v) is 4.52. The van der Waals surface area contributed by atoms with Gasteiger partial charge in [0.25, 0.3) is 0 Å². The van der Waals surface area contributed by atoms with E-state index in [1.165, 1.54) is 22.3 Å². The molecule has 0 heterocycles. The molecule has 0 saturated carbocycles. The Morgan fingerprint density at radius 3 is 1.90 bits per heavy atom. The maximum atomic E-state index is 11.7. The van der Waals surface area contributed by atoms with Crippen LogP contribution in [0.25, 0.3) is 11.1 Å². The number of hydrogen-bond donors (Lipinski definition) is 1. The Balaban J connectivity index is 2.08. The van der Waals surface area contributed by atoms with Crippen molar-refractivity contribution in [3.63, 3.8) is 0 Å². The molecule has 106 valence electrons. The van der Waals surface area contributed by atoms with Crippen LogP contribution in [0.5, 0.6) is 0 Å². The molecule has 1 atom stereocenters. The zero-order valence-corrected chi connectivity index (χ0v) is 12.7. The molecular weight excluding hydrogens is 276 g/mol. The molecule has 1 aliphatic rings. The normalized spacial score (nSPS) is 18.6. The van der Waals surface area contributed by atoms with Crippen LogP contribution in [-0.2, 0) is 4.79 Å². The summed E-state index contributed by atoms with van der Waals surface area (Å²) in [6, 6.07) is 20.9. The Hall–Kier alpha value is -1.80. The van der Waals surface area contributed by atoms with Crippen molar-refractivity contribution in [2.24, 2.45) is 5.92 Å². The van der Waals surface area contributed by atoms with E-state index >= 15 is 0 Å². The van der Waals surface area contributed by atoms with Gasteiger partial charge in [-0.1, -0.05) is 60.7 Å². The smallest absolute Gasteiger partial charge is 0.189 e. The molecule has 0 bridgehead atoms. The van der Waals surface area contributed by atoms with E-state index in [1.807, 2.05) is 12.1 Å². The summed E-state index contributed by atoms with van der Waals surface area (Å²) in [5.41, 5.74) is 5.14. The van der Waals surface area contributed by atoms with E-state index < -0.39 is 0 Å². The SMILES string of the molecule is O=C(S)C1CCC(c2ccccc2)=C(c2ccccc2)C1. The van der Waals surface area contributed by atoms with Crippen molar-refractivity contribution in [3.05, 3.63) is 71.8 Å². The van der Waals surface area contributed by atoms with Crippen molar-refractivity contribution >= 4 is 28.9 Å². The van der Waals surface area contributed by atoms with Crippen LogP contribution in [0.4, 0.5) is 0 Å². The Bertz CT molecular complexity index is 658. The molecule has 2 aromatic carbocycles. The number of carbonyl (C=O) groups is 1. The molecule has 0 spiro atoms. The van der Waals surface area contributed by atoms with E-state index in [-0.39, 0.29) is 11.0 Å². The summed E-state index contributed by atoms with van der Waals surface area (Å²) in [5, 5.41) is 0.00976. The molecule has 0 saturated heterocycles. The first kappa shape index (κ1) is 14.2. The van der Waals surface area contributed by atoms with E-state index in [0.29, 0.717) is 0 Å². The lowest BCUT2D eigenvalue weighted by atomic mass is 9.79. The predicted molar refractivity (Wildman–Crippen MR) is 91.0 cm³/mol. The summed E-state index contributed by atoms with van der Waals surface area (Å²) in [6.07, 6.45) is 2.62. The summed E-state index contributed by atoms with van der Waals surface area (Å²) in [6.45, 7) is 0. The van der Waals surface area contributed by atoms with Gasteiger partial charge < -0.3 is 0 Å². The first-order valence-electron chi connectivity index (χ1n) is 7.31. The minimum Gasteiger partial charge on any atom is -0.287 e. The van der Waals surface area contributed by atoms with Gasteiger partial charge in [0.15, 0.2) is 5.12 Å². The topological polar surface area (TPSA) is 17.1 Å². The van der Waals surface area contributed by atoms with Crippen LogP contribution in [0.3, 0.4) is 0 Å². The number of carbonyl (C=O) groups excluding carboxylic acids is 1. The fraction of sp³-hybridized carbons (Fsp3) is 0.211. The fourth-order valence-corrected chi connectivity index (χ4v) is 3.26. The molecule has 0 aromatic heterocycles. The molecule has 0 radical (unpaired) electrons. The lowest BCUT2D eigenvalue weighted by molar-refractivity contribution is -0.114. The van der Waals surface area contributed by atoms with Crippen LogP contribution in [0.15, 0.2) is 60.7 Å². The van der Waals surface area contributed by atoms with Crippen LogP contribution in [-0.4, -0.2) is 5.12 Å². The lowest BCUT2D eigenvalue weighted by Gasteiger charge is -2.26. The molecule has 2 aromatic rings. The summed E-state index contributed by atoms with van der Waals surface area (Å²) in [5.74, 6) is 0.0380. The monoisotopic (exact) mass is 294 g/mol. The molecule has 21 heavy (non-hydrogen) atoms. The number of rotatable bonds is 3. The zero-order chi connectivity index (χ0) is 14.7. The van der Waals surface area contributed by atoms with E-state index in [4.69, 9.17) is 0 Å².